The van der Waals surface area contributed by atoms with Crippen molar-refractivity contribution in [2.75, 3.05) is 13.2 Å². The van der Waals surface area contributed by atoms with Gasteiger partial charge in [0.1, 0.15) is 12.3 Å². The van der Waals surface area contributed by atoms with Crippen LogP contribution in [0.15, 0.2) is 9.41 Å². The number of nitrogens with one attached hydrogen (secondary N) is 1. The number of rotatable bonds is 5. The molecule has 0 aromatic carbocycles. The third-order valence-corrected chi connectivity index (χ3v) is 3.17. The largest absolute Gasteiger partial charge is 0.443 e. The fourth-order valence-corrected chi connectivity index (χ4v) is 2.02. The highest BCUT2D eigenvalue weighted by molar-refractivity contribution is 14.0. The van der Waals surface area contributed by atoms with Gasteiger partial charge in [0.15, 0.2) is 11.9 Å². The van der Waals surface area contributed by atoms with Gasteiger partial charge in [-0.2, -0.15) is 0 Å². The van der Waals surface area contributed by atoms with Crippen LogP contribution < -0.4 is 11.1 Å². The number of nitrogens with zero attached hydrogens (tertiary/aromatic N) is 2. The van der Waals surface area contributed by atoms with Gasteiger partial charge >= 0.3 is 0 Å². The van der Waals surface area contributed by atoms with Crippen LogP contribution in [0.2, 0.25) is 0 Å². The third kappa shape index (κ3) is 4.93. The first-order chi connectivity index (χ1) is 9.19. The number of halogens is 1. The normalized spacial score (nSPS) is 18.9. The molecule has 0 spiro atoms. The first-order valence-corrected chi connectivity index (χ1v) is 6.79. The molecule has 0 aliphatic carbocycles. The summed E-state index contributed by atoms with van der Waals surface area (Å²) >= 11 is 0. The smallest absolute Gasteiger partial charge is 0.194 e. The maximum absolute atomic E-state index is 5.81. The molecule has 0 amide bonds. The first-order valence-electron chi connectivity index (χ1n) is 6.79. The quantitative estimate of drug-likeness (QED) is 0.452. The van der Waals surface area contributed by atoms with Crippen molar-refractivity contribution in [1.82, 2.24) is 10.3 Å². The standard InChI is InChI=1S/C13H22N4O2.HI/c1-3-12-17-9(2)11(19-12)8-16-13(14)15-7-10-5-4-6-18-10;/h10H,3-8H2,1-2H3,(H3,14,15,16);1H. The molecule has 1 atom stereocenters. The Hall–Kier alpha value is -0.830. The average molecular weight is 394 g/mol. The molecule has 2 rings (SSSR count). The lowest BCUT2D eigenvalue weighted by molar-refractivity contribution is 0.114. The Balaban J connectivity index is 0.00000200. The van der Waals surface area contributed by atoms with E-state index in [0.29, 0.717) is 19.0 Å². The molecule has 3 N–H and O–H groups in total. The van der Waals surface area contributed by atoms with E-state index < -0.39 is 0 Å². The van der Waals surface area contributed by atoms with Crippen LogP contribution in [0.3, 0.4) is 0 Å². The fourth-order valence-electron chi connectivity index (χ4n) is 2.02. The molecule has 1 unspecified atom stereocenters. The zero-order valence-corrected chi connectivity index (χ0v) is 14.3. The number of aromatic nitrogens is 1. The Morgan fingerprint density at radius 2 is 2.35 bits per heavy atom. The molecular formula is C13H23IN4O2. The molecule has 114 valence electrons. The van der Waals surface area contributed by atoms with Gasteiger partial charge in [0.05, 0.1) is 11.8 Å². The van der Waals surface area contributed by atoms with Crippen LogP contribution in [0.25, 0.3) is 0 Å². The monoisotopic (exact) mass is 394 g/mol. The summed E-state index contributed by atoms with van der Waals surface area (Å²) in [5.41, 5.74) is 6.69. The van der Waals surface area contributed by atoms with Gasteiger partial charge in [-0.05, 0) is 19.8 Å². The number of nitrogens with two attached hydrogens (primary N) is 1. The Morgan fingerprint density at radius 3 is 2.95 bits per heavy atom. The minimum absolute atomic E-state index is 0. The number of ether oxygens (including phenoxy) is 1. The van der Waals surface area contributed by atoms with Crippen LogP contribution >= 0.6 is 24.0 Å². The zero-order valence-electron chi connectivity index (χ0n) is 12.0. The second kappa shape index (κ2) is 8.46. The summed E-state index contributed by atoms with van der Waals surface area (Å²) in [4.78, 5) is 8.56. The van der Waals surface area contributed by atoms with Crippen molar-refractivity contribution < 1.29 is 9.15 Å². The number of aryl methyl sites for hydroxylation is 2. The van der Waals surface area contributed by atoms with Crippen molar-refractivity contribution in [3.8, 4) is 0 Å². The molecule has 1 aromatic rings. The molecule has 1 fully saturated rings. The second-order valence-electron chi connectivity index (χ2n) is 4.69. The topological polar surface area (TPSA) is 85.7 Å². The number of hydrogen-bond donors (Lipinski definition) is 2. The highest BCUT2D eigenvalue weighted by Gasteiger charge is 2.15. The van der Waals surface area contributed by atoms with Gasteiger partial charge in [0.25, 0.3) is 0 Å². The van der Waals surface area contributed by atoms with Crippen LogP contribution in [0.4, 0.5) is 0 Å². The summed E-state index contributed by atoms with van der Waals surface area (Å²) in [6, 6.07) is 0. The van der Waals surface area contributed by atoms with Crippen molar-refractivity contribution in [2.24, 2.45) is 10.7 Å². The molecule has 1 saturated heterocycles. The van der Waals surface area contributed by atoms with Crippen molar-refractivity contribution in [2.45, 2.75) is 45.8 Å². The van der Waals surface area contributed by atoms with E-state index in [-0.39, 0.29) is 30.1 Å². The summed E-state index contributed by atoms with van der Waals surface area (Å²) in [6.07, 6.45) is 3.26. The highest BCUT2D eigenvalue weighted by Crippen LogP contribution is 2.12. The predicted molar refractivity (Wildman–Crippen MR) is 88.3 cm³/mol. The molecule has 1 aliphatic heterocycles. The Bertz CT molecular complexity index is 442. The second-order valence-corrected chi connectivity index (χ2v) is 4.69. The van der Waals surface area contributed by atoms with Crippen LogP contribution in [0.1, 0.15) is 37.1 Å². The van der Waals surface area contributed by atoms with Gasteiger partial charge < -0.3 is 20.2 Å². The predicted octanol–water partition coefficient (Wildman–Crippen LogP) is 1.75. The Morgan fingerprint density at radius 1 is 1.55 bits per heavy atom. The Labute approximate surface area is 136 Å². The maximum Gasteiger partial charge on any atom is 0.194 e. The van der Waals surface area contributed by atoms with Crippen LogP contribution in [-0.2, 0) is 17.7 Å². The minimum atomic E-state index is 0. The van der Waals surface area contributed by atoms with Crippen LogP contribution in [-0.4, -0.2) is 30.2 Å². The molecular weight excluding hydrogens is 371 g/mol. The van der Waals surface area contributed by atoms with E-state index in [1.54, 1.807) is 0 Å². The first kappa shape index (κ1) is 17.2. The van der Waals surface area contributed by atoms with Gasteiger partial charge in [-0.3, -0.25) is 0 Å². The van der Waals surface area contributed by atoms with Crippen molar-refractivity contribution in [3.63, 3.8) is 0 Å². The molecule has 0 radical (unpaired) electrons. The van der Waals surface area contributed by atoms with Crippen molar-refractivity contribution in [3.05, 3.63) is 17.3 Å². The van der Waals surface area contributed by atoms with E-state index in [1.165, 1.54) is 0 Å². The van der Waals surface area contributed by atoms with E-state index in [0.717, 1.165) is 43.2 Å². The van der Waals surface area contributed by atoms with Gasteiger partial charge in [-0.25, -0.2) is 9.98 Å². The lowest BCUT2D eigenvalue weighted by Gasteiger charge is -2.10. The van der Waals surface area contributed by atoms with Gasteiger partial charge in [-0.15, -0.1) is 24.0 Å². The molecule has 2 heterocycles. The van der Waals surface area contributed by atoms with E-state index in [2.05, 4.69) is 15.3 Å². The summed E-state index contributed by atoms with van der Waals surface area (Å²) in [6.45, 7) is 5.91. The van der Waals surface area contributed by atoms with Crippen LogP contribution in [0, 0.1) is 6.92 Å². The van der Waals surface area contributed by atoms with Gasteiger partial charge in [0.2, 0.25) is 0 Å². The van der Waals surface area contributed by atoms with Crippen molar-refractivity contribution >= 4 is 29.9 Å². The van der Waals surface area contributed by atoms with E-state index >= 15 is 0 Å². The molecule has 20 heavy (non-hydrogen) atoms. The maximum atomic E-state index is 5.81. The molecule has 1 aromatic heterocycles. The van der Waals surface area contributed by atoms with E-state index in [9.17, 15) is 0 Å². The zero-order chi connectivity index (χ0) is 13.7. The number of oxazole rings is 1. The molecule has 0 bridgehead atoms. The highest BCUT2D eigenvalue weighted by atomic mass is 127. The summed E-state index contributed by atoms with van der Waals surface area (Å²) < 4.78 is 11.1. The molecule has 7 heteroatoms. The number of guanidine groups is 1. The summed E-state index contributed by atoms with van der Waals surface area (Å²) in [5.74, 6) is 1.94. The number of hydrogen-bond acceptors (Lipinski definition) is 4. The van der Waals surface area contributed by atoms with Crippen LogP contribution in [0.5, 0.6) is 0 Å². The van der Waals surface area contributed by atoms with Gasteiger partial charge in [-0.1, -0.05) is 6.92 Å². The van der Waals surface area contributed by atoms with Crippen molar-refractivity contribution in [1.29, 1.82) is 0 Å². The molecule has 0 saturated carbocycles. The number of aliphatic imine (C=N–C) groups is 1. The summed E-state index contributed by atoms with van der Waals surface area (Å²) in [5, 5.41) is 3.08. The molecule has 1 aliphatic rings. The lowest BCUT2D eigenvalue weighted by atomic mass is 10.2. The third-order valence-electron chi connectivity index (χ3n) is 3.17. The average Bonchev–Trinajstić information content (AvgIpc) is 3.03. The lowest BCUT2D eigenvalue weighted by Crippen LogP contribution is -2.37. The Kier molecular flexibility index (Phi) is 7.28. The van der Waals surface area contributed by atoms with E-state index in [4.69, 9.17) is 14.9 Å². The minimum Gasteiger partial charge on any atom is -0.443 e. The fraction of sp³-hybridized carbons (Fsp3) is 0.692. The SMILES string of the molecule is CCc1nc(C)c(CN=C(N)NCC2CCCO2)o1.I. The van der Waals surface area contributed by atoms with E-state index in [1.807, 2.05) is 13.8 Å². The summed E-state index contributed by atoms with van der Waals surface area (Å²) in [7, 11) is 0. The molecule has 6 nitrogen and oxygen atoms in total. The van der Waals surface area contributed by atoms with Gasteiger partial charge in [0, 0.05) is 19.6 Å².